The summed E-state index contributed by atoms with van der Waals surface area (Å²) in [4.78, 5) is 0. The van der Waals surface area contributed by atoms with Gasteiger partial charge in [-0.3, -0.25) is 0 Å². The first-order chi connectivity index (χ1) is 6.99. The fourth-order valence-corrected chi connectivity index (χ4v) is 31.5. The van der Waals surface area contributed by atoms with Gasteiger partial charge >= 0.3 is 107 Å². The van der Waals surface area contributed by atoms with Crippen LogP contribution in [0.2, 0.25) is 0 Å². The third-order valence-electron chi connectivity index (χ3n) is 2.72. The summed E-state index contributed by atoms with van der Waals surface area (Å²) in [6, 6.07) is 0. The molecular weight excluding hydrogens is 429 g/mol. The first-order valence-electron chi connectivity index (χ1n) is 5.84. The normalized spacial score (nSPS) is 15.1. The van der Waals surface area contributed by atoms with Gasteiger partial charge in [-0.25, -0.2) is 0 Å². The number of hydrogen-bond acceptors (Lipinski definition) is 0. The summed E-state index contributed by atoms with van der Waals surface area (Å²) in [6.45, 7) is 8.90. The number of halogens is 2. The van der Waals surface area contributed by atoms with Crippen LogP contribution < -0.4 is 0 Å². The Kier molecular flexibility index (Phi) is 8.63. The predicted octanol–water partition coefficient (Wildman–Crippen LogP) is 5.16. The van der Waals surface area contributed by atoms with E-state index in [0.29, 0.717) is 0 Å². The molecule has 0 saturated carbocycles. The summed E-state index contributed by atoms with van der Waals surface area (Å²) >= 11 is -2.52. The van der Waals surface area contributed by atoms with Gasteiger partial charge in [0.1, 0.15) is 0 Å². The number of hydrogen-bond donors (Lipinski definition) is 0. The van der Waals surface area contributed by atoms with Gasteiger partial charge in [-0.1, -0.05) is 0 Å². The van der Waals surface area contributed by atoms with Crippen molar-refractivity contribution >= 4 is 28.6 Å². The molecule has 0 atom stereocenters. The van der Waals surface area contributed by atoms with E-state index in [1.165, 1.54) is 37.7 Å². The number of rotatable bonds is 7. The molecule has 0 aliphatic carbocycles. The quantitative estimate of drug-likeness (QED) is 0.465. The van der Waals surface area contributed by atoms with Gasteiger partial charge in [0, 0.05) is 0 Å². The Morgan fingerprint density at radius 1 is 0.933 bits per heavy atom. The van der Waals surface area contributed by atoms with Crippen LogP contribution >= 0.6 is 24.2 Å². The maximum absolute atomic E-state index is 6.73. The monoisotopic (exact) mass is 454 g/mol. The van der Waals surface area contributed by atoms with E-state index < -0.39 is 18.4 Å². The van der Waals surface area contributed by atoms with Crippen LogP contribution in [-0.4, -0.2) is 22.9 Å². The molecule has 0 amide bonds. The van der Waals surface area contributed by atoms with E-state index in [0.717, 1.165) is 0 Å². The van der Waals surface area contributed by atoms with E-state index in [2.05, 4.69) is 32.1 Å². The van der Waals surface area contributed by atoms with Gasteiger partial charge < -0.3 is 0 Å². The molecule has 0 radical (unpaired) electrons. The van der Waals surface area contributed by atoms with Crippen molar-refractivity contribution in [3.63, 3.8) is 0 Å². The van der Waals surface area contributed by atoms with Crippen molar-refractivity contribution < 1.29 is 13.0 Å². The molecule has 0 aliphatic heterocycles. The Morgan fingerprint density at radius 2 is 1.27 bits per heavy atom. The molecule has 0 N–H and O–H groups in total. The summed E-state index contributed by atoms with van der Waals surface area (Å²) in [5, 5.41) is -1.37. The van der Waals surface area contributed by atoms with Gasteiger partial charge in [0.2, 0.25) is 0 Å². The van der Waals surface area contributed by atoms with E-state index in [-0.39, 0.29) is 0 Å². The fraction of sp³-hybridized carbons (Fsp3) is 0.909. The van der Waals surface area contributed by atoms with Crippen molar-refractivity contribution in [1.29, 1.82) is 0 Å². The van der Waals surface area contributed by atoms with Crippen LogP contribution in [0.25, 0.3) is 0 Å². The van der Waals surface area contributed by atoms with Gasteiger partial charge in [-0.2, -0.15) is 0 Å². The Morgan fingerprint density at radius 3 is 1.47 bits per heavy atom. The molecule has 0 saturated heterocycles. The first-order valence-corrected chi connectivity index (χ1v) is 18.6. The molecule has 0 rings (SSSR count). The summed E-state index contributed by atoms with van der Waals surface area (Å²) in [7, 11) is 13.5. The van der Waals surface area contributed by atoms with Crippen LogP contribution in [-0.2, 0) is 13.0 Å². The minimum absolute atomic E-state index is 1.25. The molecule has 0 spiro atoms. The van der Waals surface area contributed by atoms with Crippen LogP contribution in [0.4, 0.5) is 0 Å². The average molecular weight is 455 g/mol. The van der Waals surface area contributed by atoms with Crippen molar-refractivity contribution in [2.75, 3.05) is 18.5 Å². The third-order valence-corrected chi connectivity index (χ3v) is 40.3. The van der Waals surface area contributed by atoms with Gasteiger partial charge in [0.25, 0.3) is 0 Å². The van der Waals surface area contributed by atoms with Crippen LogP contribution in [0.15, 0.2) is 0 Å². The Balaban J connectivity index is 5.10. The SMILES string of the molecule is C[CH]=[Pt]([Cl])([Cl])[PH](CCC)(CCC)CCC. The molecule has 0 nitrogen and oxygen atoms in total. The topological polar surface area (TPSA) is 0 Å². The minimum atomic E-state index is -2.52. The van der Waals surface area contributed by atoms with E-state index in [1.807, 2.05) is 0 Å². The first kappa shape index (κ1) is 16.6. The molecule has 0 bridgehead atoms. The fourth-order valence-electron chi connectivity index (χ4n) is 2.18. The van der Waals surface area contributed by atoms with Crippen LogP contribution in [0.5, 0.6) is 0 Å². The van der Waals surface area contributed by atoms with E-state index in [1.54, 1.807) is 0 Å². The molecule has 99 valence electrons. The molecule has 0 aliphatic rings. The summed E-state index contributed by atoms with van der Waals surface area (Å²) in [5.41, 5.74) is 0. The summed E-state index contributed by atoms with van der Waals surface area (Å²) in [6.07, 6.45) is 7.77. The molecule has 0 unspecified atom stereocenters. The van der Waals surface area contributed by atoms with Crippen LogP contribution in [0, 0.1) is 0 Å². The third kappa shape index (κ3) is 4.38. The molecule has 0 aromatic carbocycles. The van der Waals surface area contributed by atoms with E-state index in [4.69, 9.17) is 18.8 Å². The molecule has 0 fully saturated rings. The zero-order valence-corrected chi connectivity index (χ0v) is 15.2. The van der Waals surface area contributed by atoms with Crippen molar-refractivity contribution in [3.05, 3.63) is 0 Å². The van der Waals surface area contributed by atoms with Gasteiger partial charge in [-0.15, -0.1) is 0 Å². The van der Waals surface area contributed by atoms with Crippen molar-refractivity contribution in [2.45, 2.75) is 47.0 Å². The maximum atomic E-state index is 6.73. The standard InChI is InChI=1S/C9H21P.C2H4.2ClH.Pt/c1-4-7-10(8-5-2)9-6-3;1-2;;;/h4-9H2,1-3H3;1H,2H3;2*1H;/q;;;;+1/p-1. The summed E-state index contributed by atoms with van der Waals surface area (Å²) in [5.74, 6) is 0. The molecule has 0 aromatic heterocycles. The van der Waals surface area contributed by atoms with E-state index in [9.17, 15) is 0 Å². The van der Waals surface area contributed by atoms with Crippen LogP contribution in [0.1, 0.15) is 47.0 Å². The van der Waals surface area contributed by atoms with Gasteiger partial charge in [-0.05, 0) is 0 Å². The molecule has 4 heteroatoms. The van der Waals surface area contributed by atoms with Crippen molar-refractivity contribution in [2.24, 2.45) is 0 Å². The Hall–Kier alpha value is 1.57. The van der Waals surface area contributed by atoms with Crippen molar-refractivity contribution in [3.8, 4) is 0 Å². The zero-order chi connectivity index (χ0) is 11.9. The second-order valence-electron chi connectivity index (χ2n) is 3.91. The van der Waals surface area contributed by atoms with E-state index >= 15 is 0 Å². The van der Waals surface area contributed by atoms with Crippen molar-refractivity contribution in [1.82, 2.24) is 0 Å². The molecule has 0 heterocycles. The second kappa shape index (κ2) is 7.81. The second-order valence-corrected chi connectivity index (χ2v) is 33.5. The molecule has 0 aromatic rings. The average Bonchev–Trinajstić information content (AvgIpc) is 2.18. The van der Waals surface area contributed by atoms with Gasteiger partial charge in [0.05, 0.1) is 0 Å². The molecular formula is C11H26Cl2PPt. The summed E-state index contributed by atoms with van der Waals surface area (Å²) < 4.78 is 2.20. The Bertz CT molecular complexity index is 206. The predicted molar refractivity (Wildman–Crippen MR) is 77.2 cm³/mol. The van der Waals surface area contributed by atoms with Gasteiger partial charge in [0.15, 0.2) is 0 Å². The Labute approximate surface area is 106 Å². The molecule has 15 heavy (non-hydrogen) atoms. The zero-order valence-electron chi connectivity index (χ0n) is 10.4. The van der Waals surface area contributed by atoms with Crippen LogP contribution in [0.3, 0.4) is 0 Å².